The first-order valence-electron chi connectivity index (χ1n) is 6.21. The molecule has 0 fully saturated rings. The van der Waals surface area contributed by atoms with Crippen molar-refractivity contribution in [3.63, 3.8) is 0 Å². The lowest BCUT2D eigenvalue weighted by molar-refractivity contribution is 0.905. The highest BCUT2D eigenvalue weighted by molar-refractivity contribution is 9.10. The fourth-order valence-electron chi connectivity index (χ4n) is 1.91. The van der Waals surface area contributed by atoms with Crippen LogP contribution >= 0.6 is 27.3 Å². The Balaban J connectivity index is 2.13. The molecule has 0 amide bonds. The smallest absolute Gasteiger partial charge is 0.0578 e. The van der Waals surface area contributed by atoms with Crippen molar-refractivity contribution >= 4 is 33.0 Å². The topological polar surface area (TPSA) is 12.0 Å². The maximum absolute atomic E-state index is 3.58. The summed E-state index contributed by atoms with van der Waals surface area (Å²) in [4.78, 5) is 2.85. The number of halogens is 1. The zero-order chi connectivity index (χ0) is 13.1. The van der Waals surface area contributed by atoms with Gasteiger partial charge in [0.15, 0.2) is 0 Å². The van der Waals surface area contributed by atoms with Crippen LogP contribution in [0.4, 0.5) is 5.69 Å². The first-order chi connectivity index (χ1) is 8.60. The molecule has 1 atom stereocenters. The quantitative estimate of drug-likeness (QED) is 0.777. The Labute approximate surface area is 121 Å². The third kappa shape index (κ3) is 3.15. The fourth-order valence-corrected chi connectivity index (χ4v) is 3.34. The van der Waals surface area contributed by atoms with Crippen LogP contribution in [0.1, 0.15) is 35.2 Å². The van der Waals surface area contributed by atoms with Crippen molar-refractivity contribution in [3.8, 4) is 0 Å². The highest BCUT2D eigenvalue weighted by Crippen LogP contribution is 2.28. The largest absolute Gasteiger partial charge is 0.377 e. The summed E-state index contributed by atoms with van der Waals surface area (Å²) in [6, 6.07) is 11.2. The average Bonchev–Trinajstić information content (AvgIpc) is 2.81. The van der Waals surface area contributed by atoms with E-state index in [9.17, 15) is 0 Å². The molecule has 0 aliphatic heterocycles. The molecule has 1 nitrogen and oxygen atoms in total. The van der Waals surface area contributed by atoms with Crippen molar-refractivity contribution in [1.29, 1.82) is 0 Å². The Bertz CT molecular complexity index is 533. The normalized spacial score (nSPS) is 12.4. The van der Waals surface area contributed by atoms with Crippen LogP contribution in [-0.2, 0) is 6.42 Å². The van der Waals surface area contributed by atoms with E-state index in [1.807, 2.05) is 11.3 Å². The van der Waals surface area contributed by atoms with Crippen LogP contribution in [0.5, 0.6) is 0 Å². The minimum absolute atomic E-state index is 0.357. The summed E-state index contributed by atoms with van der Waals surface area (Å²) in [5.74, 6) is 0. The first-order valence-corrected chi connectivity index (χ1v) is 7.82. The van der Waals surface area contributed by atoms with Crippen LogP contribution in [0, 0.1) is 6.92 Å². The van der Waals surface area contributed by atoms with Crippen LogP contribution in [0.25, 0.3) is 0 Å². The molecule has 1 aromatic heterocycles. The Kier molecular flexibility index (Phi) is 4.46. The van der Waals surface area contributed by atoms with E-state index in [0.29, 0.717) is 6.04 Å². The summed E-state index contributed by atoms with van der Waals surface area (Å²) in [6.45, 7) is 6.55. The molecule has 1 N–H and O–H groups in total. The fraction of sp³-hybridized carbons (Fsp3) is 0.333. The molecule has 2 rings (SSSR count). The van der Waals surface area contributed by atoms with Crippen molar-refractivity contribution in [2.24, 2.45) is 0 Å². The van der Waals surface area contributed by atoms with Crippen LogP contribution < -0.4 is 5.32 Å². The molecule has 0 bridgehead atoms. The molecule has 0 aliphatic rings. The van der Waals surface area contributed by atoms with E-state index in [-0.39, 0.29) is 0 Å². The van der Waals surface area contributed by atoms with Gasteiger partial charge in [0, 0.05) is 19.9 Å². The molecule has 0 saturated carbocycles. The van der Waals surface area contributed by atoms with Crippen molar-refractivity contribution in [2.45, 2.75) is 33.2 Å². The first kappa shape index (κ1) is 13.6. The molecule has 3 heteroatoms. The summed E-state index contributed by atoms with van der Waals surface area (Å²) in [6.07, 6.45) is 1.12. The Hall–Kier alpha value is -0.800. The van der Waals surface area contributed by atoms with E-state index in [2.05, 4.69) is 72.3 Å². The van der Waals surface area contributed by atoms with E-state index < -0.39 is 0 Å². The molecule has 2 aromatic rings. The molecule has 0 saturated heterocycles. The predicted molar refractivity (Wildman–Crippen MR) is 84.6 cm³/mol. The lowest BCUT2D eigenvalue weighted by atomic mass is 10.1. The summed E-state index contributed by atoms with van der Waals surface area (Å²) in [5, 5.41) is 3.58. The zero-order valence-corrected chi connectivity index (χ0v) is 13.4. The van der Waals surface area contributed by atoms with E-state index in [0.717, 1.165) is 10.9 Å². The van der Waals surface area contributed by atoms with Gasteiger partial charge in [0.25, 0.3) is 0 Å². The number of anilines is 1. The summed E-state index contributed by atoms with van der Waals surface area (Å²) in [7, 11) is 0. The summed E-state index contributed by atoms with van der Waals surface area (Å²) < 4.78 is 1.13. The van der Waals surface area contributed by atoms with Crippen LogP contribution in [-0.4, -0.2) is 0 Å². The highest BCUT2D eigenvalue weighted by Gasteiger charge is 2.09. The van der Waals surface area contributed by atoms with Crippen LogP contribution in [0.15, 0.2) is 34.8 Å². The van der Waals surface area contributed by atoms with E-state index in [1.165, 1.54) is 21.0 Å². The maximum Gasteiger partial charge on any atom is 0.0578 e. The van der Waals surface area contributed by atoms with E-state index in [4.69, 9.17) is 0 Å². The van der Waals surface area contributed by atoms with Crippen LogP contribution in [0.2, 0.25) is 0 Å². The monoisotopic (exact) mass is 323 g/mol. The SMILES string of the molecule is CCc1ccc(C(C)Nc2ccc(Br)cc2C)s1. The molecule has 1 aromatic carbocycles. The third-order valence-corrected chi connectivity index (χ3v) is 4.92. The lowest BCUT2D eigenvalue weighted by Gasteiger charge is -2.16. The van der Waals surface area contributed by atoms with Gasteiger partial charge in [0.05, 0.1) is 6.04 Å². The molecule has 0 radical (unpaired) electrons. The number of hydrogen-bond acceptors (Lipinski definition) is 2. The molecular weight excluding hydrogens is 306 g/mol. The molecule has 0 aliphatic carbocycles. The van der Waals surface area contributed by atoms with Gasteiger partial charge in [-0.15, -0.1) is 11.3 Å². The third-order valence-electron chi connectivity index (χ3n) is 3.02. The number of nitrogens with one attached hydrogen (secondary N) is 1. The van der Waals surface area contributed by atoms with E-state index >= 15 is 0 Å². The summed E-state index contributed by atoms with van der Waals surface area (Å²) in [5.41, 5.74) is 2.47. The number of thiophene rings is 1. The lowest BCUT2D eigenvalue weighted by Crippen LogP contribution is -2.05. The molecule has 18 heavy (non-hydrogen) atoms. The second-order valence-corrected chi connectivity index (χ2v) is 6.60. The van der Waals surface area contributed by atoms with Gasteiger partial charge in [-0.3, -0.25) is 0 Å². The predicted octanol–water partition coefficient (Wildman–Crippen LogP) is 5.55. The number of rotatable bonds is 4. The molecule has 96 valence electrons. The van der Waals surface area contributed by atoms with Crippen molar-refractivity contribution in [2.75, 3.05) is 5.32 Å². The molecule has 1 unspecified atom stereocenters. The maximum atomic E-state index is 3.58. The van der Waals surface area contributed by atoms with Crippen molar-refractivity contribution < 1.29 is 0 Å². The Morgan fingerprint density at radius 3 is 2.67 bits per heavy atom. The minimum Gasteiger partial charge on any atom is -0.377 e. The molecule has 1 heterocycles. The van der Waals surface area contributed by atoms with Crippen LogP contribution in [0.3, 0.4) is 0 Å². The van der Waals surface area contributed by atoms with Crippen molar-refractivity contribution in [1.82, 2.24) is 0 Å². The number of benzene rings is 1. The van der Waals surface area contributed by atoms with Gasteiger partial charge in [0.1, 0.15) is 0 Å². The Morgan fingerprint density at radius 1 is 1.28 bits per heavy atom. The Morgan fingerprint density at radius 2 is 2.06 bits per heavy atom. The minimum atomic E-state index is 0.357. The van der Waals surface area contributed by atoms with Gasteiger partial charge in [-0.1, -0.05) is 22.9 Å². The van der Waals surface area contributed by atoms with Gasteiger partial charge in [-0.05, 0) is 56.2 Å². The highest BCUT2D eigenvalue weighted by atomic mass is 79.9. The zero-order valence-electron chi connectivity index (χ0n) is 11.0. The van der Waals surface area contributed by atoms with Gasteiger partial charge >= 0.3 is 0 Å². The second-order valence-electron chi connectivity index (χ2n) is 4.48. The molecular formula is C15H18BrNS. The second kappa shape index (κ2) is 5.89. The van der Waals surface area contributed by atoms with E-state index in [1.54, 1.807) is 0 Å². The van der Waals surface area contributed by atoms with Gasteiger partial charge in [-0.25, -0.2) is 0 Å². The van der Waals surface area contributed by atoms with Gasteiger partial charge < -0.3 is 5.32 Å². The number of aryl methyl sites for hydroxylation is 2. The molecule has 0 spiro atoms. The standard InChI is InChI=1S/C15H18BrNS/c1-4-13-6-8-15(18-13)11(3)17-14-7-5-12(16)9-10(14)2/h5-9,11,17H,4H2,1-3H3. The van der Waals surface area contributed by atoms with Gasteiger partial charge in [-0.2, -0.15) is 0 Å². The number of hydrogen-bond donors (Lipinski definition) is 1. The van der Waals surface area contributed by atoms with Gasteiger partial charge in [0.2, 0.25) is 0 Å². The van der Waals surface area contributed by atoms with Crippen molar-refractivity contribution in [3.05, 3.63) is 50.1 Å². The summed E-state index contributed by atoms with van der Waals surface area (Å²) >= 11 is 5.39. The average molecular weight is 324 g/mol.